The van der Waals surface area contributed by atoms with Gasteiger partial charge in [-0.25, -0.2) is 4.79 Å². The van der Waals surface area contributed by atoms with Crippen molar-refractivity contribution in [1.29, 1.82) is 0 Å². The van der Waals surface area contributed by atoms with Gasteiger partial charge in [0.05, 0.1) is 16.7 Å². The van der Waals surface area contributed by atoms with Gasteiger partial charge < -0.3 is 15.3 Å². The molecule has 0 heterocycles. The van der Waals surface area contributed by atoms with Crippen LogP contribution in [0.1, 0.15) is 31.2 Å². The molecule has 1 aliphatic rings. The highest BCUT2D eigenvalue weighted by atomic mass is 35.5. The zero-order chi connectivity index (χ0) is 15.2. The monoisotopic (exact) mass is 330 g/mol. The summed E-state index contributed by atoms with van der Waals surface area (Å²) in [6, 6.07) is 5.42. The maximum Gasteiger partial charge on any atom is 0.317 e. The SMILES string of the molecule is O=C(NC1CCCC1)N(CCO)Cc1ccc(Cl)c(Cl)c1. The molecule has 1 aromatic carbocycles. The van der Waals surface area contributed by atoms with E-state index in [1.54, 1.807) is 17.0 Å². The normalized spacial score (nSPS) is 15.2. The minimum atomic E-state index is -0.137. The third-order valence-corrected chi connectivity index (χ3v) is 4.44. The Labute approximate surface area is 135 Å². The van der Waals surface area contributed by atoms with Crippen LogP contribution in [0.3, 0.4) is 0 Å². The highest BCUT2D eigenvalue weighted by molar-refractivity contribution is 6.42. The van der Waals surface area contributed by atoms with Crippen molar-refractivity contribution in [1.82, 2.24) is 10.2 Å². The standard InChI is InChI=1S/C15H20Cl2N2O2/c16-13-6-5-11(9-14(13)17)10-19(7-8-20)15(21)18-12-3-1-2-4-12/h5-6,9,12,20H,1-4,7-8,10H2,(H,18,21). The van der Waals surface area contributed by atoms with E-state index < -0.39 is 0 Å². The number of carbonyl (C=O) groups is 1. The molecule has 2 rings (SSSR count). The van der Waals surface area contributed by atoms with Crippen LogP contribution in [0.25, 0.3) is 0 Å². The first kappa shape index (κ1) is 16.4. The number of carbonyl (C=O) groups excluding carboxylic acids is 1. The molecule has 1 saturated carbocycles. The summed E-state index contributed by atoms with van der Waals surface area (Å²) in [7, 11) is 0. The van der Waals surface area contributed by atoms with E-state index in [0.29, 0.717) is 23.1 Å². The predicted molar refractivity (Wildman–Crippen MR) is 84.7 cm³/mol. The van der Waals surface area contributed by atoms with Gasteiger partial charge in [0.25, 0.3) is 0 Å². The number of aliphatic hydroxyl groups excluding tert-OH is 1. The third kappa shape index (κ3) is 4.77. The zero-order valence-electron chi connectivity index (χ0n) is 11.8. The van der Waals surface area contributed by atoms with Gasteiger partial charge in [-0.05, 0) is 30.5 Å². The number of amides is 2. The smallest absolute Gasteiger partial charge is 0.317 e. The zero-order valence-corrected chi connectivity index (χ0v) is 13.3. The van der Waals surface area contributed by atoms with Crippen molar-refractivity contribution < 1.29 is 9.90 Å². The van der Waals surface area contributed by atoms with Crippen LogP contribution in [-0.4, -0.2) is 35.2 Å². The minimum Gasteiger partial charge on any atom is -0.395 e. The van der Waals surface area contributed by atoms with Crippen LogP contribution in [0, 0.1) is 0 Å². The molecule has 1 fully saturated rings. The van der Waals surface area contributed by atoms with Gasteiger partial charge in [0.1, 0.15) is 0 Å². The molecule has 0 aliphatic heterocycles. The summed E-state index contributed by atoms with van der Waals surface area (Å²) >= 11 is 11.9. The van der Waals surface area contributed by atoms with Crippen molar-refractivity contribution in [2.75, 3.05) is 13.2 Å². The second-order valence-corrected chi connectivity index (χ2v) is 6.14. The van der Waals surface area contributed by atoms with E-state index in [4.69, 9.17) is 28.3 Å². The number of rotatable bonds is 5. The quantitative estimate of drug-likeness (QED) is 0.868. The number of hydrogen-bond acceptors (Lipinski definition) is 2. The lowest BCUT2D eigenvalue weighted by molar-refractivity contribution is 0.171. The molecule has 0 radical (unpaired) electrons. The van der Waals surface area contributed by atoms with Crippen LogP contribution in [0.2, 0.25) is 10.0 Å². The van der Waals surface area contributed by atoms with E-state index in [1.165, 1.54) is 0 Å². The van der Waals surface area contributed by atoms with E-state index in [9.17, 15) is 4.79 Å². The summed E-state index contributed by atoms with van der Waals surface area (Å²) in [6.07, 6.45) is 4.40. The van der Waals surface area contributed by atoms with Crippen molar-refractivity contribution in [2.24, 2.45) is 0 Å². The first-order valence-corrected chi connectivity index (χ1v) is 7.96. The Morgan fingerprint density at radius 3 is 2.62 bits per heavy atom. The molecular formula is C15H20Cl2N2O2. The number of urea groups is 1. The third-order valence-electron chi connectivity index (χ3n) is 3.70. The first-order chi connectivity index (χ1) is 10.1. The Morgan fingerprint density at radius 2 is 2.00 bits per heavy atom. The van der Waals surface area contributed by atoms with Crippen LogP contribution in [0.4, 0.5) is 4.79 Å². The van der Waals surface area contributed by atoms with Crippen molar-refractivity contribution in [2.45, 2.75) is 38.3 Å². The summed E-state index contributed by atoms with van der Waals surface area (Å²) in [6.45, 7) is 0.619. The largest absolute Gasteiger partial charge is 0.395 e. The van der Waals surface area contributed by atoms with Gasteiger partial charge in [0.2, 0.25) is 0 Å². The molecular weight excluding hydrogens is 311 g/mol. The Kier molecular flexibility index (Phi) is 6.15. The number of benzene rings is 1. The van der Waals surface area contributed by atoms with Crippen LogP contribution in [-0.2, 0) is 6.54 Å². The summed E-state index contributed by atoms with van der Waals surface area (Å²) in [5.41, 5.74) is 0.888. The van der Waals surface area contributed by atoms with E-state index in [1.807, 2.05) is 6.07 Å². The number of halogens is 2. The highest BCUT2D eigenvalue weighted by Crippen LogP contribution is 2.23. The number of aliphatic hydroxyl groups is 1. The molecule has 2 N–H and O–H groups in total. The molecule has 6 heteroatoms. The molecule has 1 aromatic rings. The average Bonchev–Trinajstić information content (AvgIpc) is 2.95. The lowest BCUT2D eigenvalue weighted by Gasteiger charge is -2.24. The van der Waals surface area contributed by atoms with E-state index in [2.05, 4.69) is 5.32 Å². The van der Waals surface area contributed by atoms with Crippen LogP contribution < -0.4 is 5.32 Å². The van der Waals surface area contributed by atoms with Crippen LogP contribution in [0.15, 0.2) is 18.2 Å². The summed E-state index contributed by atoms with van der Waals surface area (Å²) in [5.74, 6) is 0. The van der Waals surface area contributed by atoms with Crippen LogP contribution in [0.5, 0.6) is 0 Å². The van der Waals surface area contributed by atoms with Gasteiger partial charge in [-0.3, -0.25) is 0 Å². The van der Waals surface area contributed by atoms with Crippen molar-refractivity contribution in [3.8, 4) is 0 Å². The fourth-order valence-corrected chi connectivity index (χ4v) is 2.89. The maximum atomic E-state index is 12.3. The van der Waals surface area contributed by atoms with Gasteiger partial charge in [-0.15, -0.1) is 0 Å². The predicted octanol–water partition coefficient (Wildman–Crippen LogP) is 3.44. The minimum absolute atomic E-state index is 0.0700. The fourth-order valence-electron chi connectivity index (χ4n) is 2.57. The second kappa shape index (κ2) is 7.87. The molecule has 0 unspecified atom stereocenters. The molecule has 2 amide bonds. The Balaban J connectivity index is 1.99. The van der Waals surface area contributed by atoms with Crippen molar-refractivity contribution in [3.05, 3.63) is 33.8 Å². The van der Waals surface area contributed by atoms with E-state index in [-0.39, 0.29) is 18.7 Å². The number of hydrogen-bond donors (Lipinski definition) is 2. The van der Waals surface area contributed by atoms with Gasteiger partial charge in [-0.1, -0.05) is 42.1 Å². The molecule has 0 aromatic heterocycles. The first-order valence-electron chi connectivity index (χ1n) is 7.20. The van der Waals surface area contributed by atoms with Gasteiger partial charge in [-0.2, -0.15) is 0 Å². The molecule has 1 aliphatic carbocycles. The molecule has 0 atom stereocenters. The Morgan fingerprint density at radius 1 is 1.29 bits per heavy atom. The van der Waals surface area contributed by atoms with E-state index in [0.717, 1.165) is 31.2 Å². The summed E-state index contributed by atoms with van der Waals surface area (Å²) < 4.78 is 0. The highest BCUT2D eigenvalue weighted by Gasteiger charge is 2.21. The molecule has 0 bridgehead atoms. The Bertz CT molecular complexity index is 491. The lowest BCUT2D eigenvalue weighted by atomic mass is 10.2. The Hall–Kier alpha value is -0.970. The van der Waals surface area contributed by atoms with Gasteiger partial charge in [0, 0.05) is 19.1 Å². The fraction of sp³-hybridized carbons (Fsp3) is 0.533. The average molecular weight is 331 g/mol. The van der Waals surface area contributed by atoms with Crippen LogP contribution >= 0.6 is 23.2 Å². The molecule has 4 nitrogen and oxygen atoms in total. The summed E-state index contributed by atoms with van der Waals surface area (Å²) in [4.78, 5) is 13.9. The molecule has 116 valence electrons. The topological polar surface area (TPSA) is 52.6 Å². The molecule has 0 saturated heterocycles. The van der Waals surface area contributed by atoms with Gasteiger partial charge in [0.15, 0.2) is 0 Å². The second-order valence-electron chi connectivity index (χ2n) is 5.32. The maximum absolute atomic E-state index is 12.3. The lowest BCUT2D eigenvalue weighted by Crippen LogP contribution is -2.44. The molecule has 21 heavy (non-hydrogen) atoms. The van der Waals surface area contributed by atoms with Crippen molar-refractivity contribution in [3.63, 3.8) is 0 Å². The number of nitrogens with zero attached hydrogens (tertiary/aromatic N) is 1. The van der Waals surface area contributed by atoms with Gasteiger partial charge >= 0.3 is 6.03 Å². The summed E-state index contributed by atoms with van der Waals surface area (Å²) in [5, 5.41) is 13.1. The molecule has 0 spiro atoms. The van der Waals surface area contributed by atoms with Crippen molar-refractivity contribution >= 4 is 29.2 Å². The number of nitrogens with one attached hydrogen (secondary N) is 1. The van der Waals surface area contributed by atoms with E-state index >= 15 is 0 Å².